The van der Waals surface area contributed by atoms with Crippen LogP contribution in [0.25, 0.3) is 22.6 Å². The number of carbonyl (C=O) groups is 1. The van der Waals surface area contributed by atoms with E-state index in [1.165, 1.54) is 42.5 Å². The molecule has 26 heavy (non-hydrogen) atoms. The van der Waals surface area contributed by atoms with Crippen LogP contribution in [0.5, 0.6) is 5.88 Å². The molecule has 3 aromatic rings. The predicted molar refractivity (Wildman–Crippen MR) is 92.5 cm³/mol. The molecule has 1 amide bonds. The summed E-state index contributed by atoms with van der Waals surface area (Å²) in [5.41, 5.74) is 6.44. The van der Waals surface area contributed by atoms with Gasteiger partial charge < -0.3 is 10.5 Å². The summed E-state index contributed by atoms with van der Waals surface area (Å²) in [6, 6.07) is 11.2. The first-order chi connectivity index (χ1) is 12.4. The molecule has 1 aromatic heterocycles. The highest BCUT2D eigenvalue weighted by atomic mass is 35.5. The molecule has 0 atom stereocenters. The first-order valence-corrected chi connectivity index (χ1v) is 7.82. The predicted octanol–water partition coefficient (Wildman–Crippen LogP) is 3.61. The normalized spacial score (nSPS) is 10.6. The summed E-state index contributed by atoms with van der Waals surface area (Å²) in [4.78, 5) is 19.5. The highest BCUT2D eigenvalue weighted by Crippen LogP contribution is 2.27. The zero-order valence-corrected chi connectivity index (χ0v) is 14.0. The smallest absolute Gasteiger partial charge is 0.255 e. The number of nitrogens with zero attached hydrogens (tertiary/aromatic N) is 2. The topological polar surface area (TPSA) is 78.1 Å². The van der Waals surface area contributed by atoms with Gasteiger partial charge in [0.15, 0.2) is 12.4 Å². The van der Waals surface area contributed by atoms with Gasteiger partial charge in [-0.1, -0.05) is 11.6 Å². The van der Waals surface area contributed by atoms with Crippen LogP contribution in [0.4, 0.5) is 8.78 Å². The lowest BCUT2D eigenvalue weighted by Gasteiger charge is -2.09. The molecule has 0 radical (unpaired) electrons. The van der Waals surface area contributed by atoms with E-state index >= 15 is 0 Å². The molecule has 5 nitrogen and oxygen atoms in total. The lowest BCUT2D eigenvalue weighted by molar-refractivity contribution is -0.120. The van der Waals surface area contributed by atoms with Crippen LogP contribution < -0.4 is 10.5 Å². The van der Waals surface area contributed by atoms with Crippen LogP contribution in [0.2, 0.25) is 5.02 Å². The summed E-state index contributed by atoms with van der Waals surface area (Å²) >= 11 is 5.70. The molecule has 132 valence electrons. The van der Waals surface area contributed by atoms with Gasteiger partial charge in [0.25, 0.3) is 5.91 Å². The fraction of sp³-hybridized carbons (Fsp3) is 0.0556. The van der Waals surface area contributed by atoms with Gasteiger partial charge in [-0.15, -0.1) is 0 Å². The molecule has 8 heteroatoms. The third-order valence-corrected chi connectivity index (χ3v) is 3.69. The molecule has 0 fully saturated rings. The van der Waals surface area contributed by atoms with Crippen LogP contribution in [0.1, 0.15) is 0 Å². The number of rotatable bonds is 5. The summed E-state index contributed by atoms with van der Waals surface area (Å²) in [7, 11) is 0. The number of hydrogen-bond acceptors (Lipinski definition) is 4. The van der Waals surface area contributed by atoms with Crippen molar-refractivity contribution < 1.29 is 18.3 Å². The van der Waals surface area contributed by atoms with Crippen LogP contribution in [-0.2, 0) is 4.79 Å². The van der Waals surface area contributed by atoms with Gasteiger partial charge in [-0.3, -0.25) is 4.79 Å². The summed E-state index contributed by atoms with van der Waals surface area (Å²) < 4.78 is 32.2. The molecular formula is C18H12ClF2N3O2. The standard InChI is InChI=1S/C18H12ClF2N3O2/c19-13-6-3-11(7-14(13)21)18-23-15(10-1-4-12(20)5-2-10)8-17(24-18)26-9-16(22)25/h1-8H,9H2,(H2,22,25). The molecule has 0 saturated carbocycles. The largest absolute Gasteiger partial charge is 0.467 e. The fourth-order valence-electron chi connectivity index (χ4n) is 2.18. The van der Waals surface area contributed by atoms with Gasteiger partial charge in [-0.25, -0.2) is 13.8 Å². The molecule has 0 bridgehead atoms. The SMILES string of the molecule is NC(=O)COc1cc(-c2ccc(F)cc2)nc(-c2ccc(Cl)c(F)c2)n1. The van der Waals surface area contributed by atoms with Gasteiger partial charge >= 0.3 is 0 Å². The number of hydrogen-bond donors (Lipinski definition) is 1. The number of amides is 1. The quantitative estimate of drug-likeness (QED) is 0.739. The molecule has 0 saturated heterocycles. The van der Waals surface area contributed by atoms with E-state index in [2.05, 4.69) is 9.97 Å². The Morgan fingerprint density at radius 3 is 2.38 bits per heavy atom. The fourth-order valence-corrected chi connectivity index (χ4v) is 2.29. The summed E-state index contributed by atoms with van der Waals surface area (Å²) in [5.74, 6) is -1.47. The van der Waals surface area contributed by atoms with E-state index in [1.54, 1.807) is 6.07 Å². The van der Waals surface area contributed by atoms with Gasteiger partial charge in [0, 0.05) is 17.2 Å². The van der Waals surface area contributed by atoms with E-state index in [1.807, 2.05) is 0 Å². The van der Waals surface area contributed by atoms with Crippen LogP contribution in [-0.4, -0.2) is 22.5 Å². The third-order valence-electron chi connectivity index (χ3n) is 3.38. The number of halogens is 3. The minimum atomic E-state index is -0.675. The second kappa shape index (κ2) is 7.45. The van der Waals surface area contributed by atoms with Crippen molar-refractivity contribution in [2.45, 2.75) is 0 Å². The Morgan fingerprint density at radius 1 is 1.04 bits per heavy atom. The Kier molecular flexibility index (Phi) is 5.09. The van der Waals surface area contributed by atoms with E-state index in [0.29, 0.717) is 16.8 Å². The number of ether oxygens (including phenoxy) is 1. The molecule has 1 heterocycles. The first kappa shape index (κ1) is 17.8. The summed E-state index contributed by atoms with van der Waals surface area (Å²) in [6.45, 7) is -0.381. The lowest BCUT2D eigenvalue weighted by Crippen LogP contribution is -2.20. The Labute approximate surface area is 152 Å². The minimum absolute atomic E-state index is 0.0337. The molecule has 2 N–H and O–H groups in total. The monoisotopic (exact) mass is 375 g/mol. The van der Waals surface area contributed by atoms with Crippen molar-refractivity contribution in [3.63, 3.8) is 0 Å². The van der Waals surface area contributed by atoms with E-state index in [-0.39, 0.29) is 23.3 Å². The zero-order valence-electron chi connectivity index (χ0n) is 13.2. The Hall–Kier alpha value is -3.06. The second-order valence-corrected chi connectivity index (χ2v) is 5.71. The Balaban J connectivity index is 2.08. The first-order valence-electron chi connectivity index (χ1n) is 7.44. The third kappa shape index (κ3) is 4.12. The molecule has 0 spiro atoms. The lowest BCUT2D eigenvalue weighted by atomic mass is 10.1. The maximum Gasteiger partial charge on any atom is 0.255 e. The van der Waals surface area contributed by atoms with E-state index in [9.17, 15) is 13.6 Å². The van der Waals surface area contributed by atoms with Gasteiger partial charge in [0.05, 0.1) is 10.7 Å². The molecule has 2 aromatic carbocycles. The number of carbonyl (C=O) groups excluding carboxylic acids is 1. The summed E-state index contributed by atoms with van der Waals surface area (Å²) in [5, 5.41) is -0.0337. The van der Waals surface area contributed by atoms with Gasteiger partial charge in [0.2, 0.25) is 5.88 Å². The maximum absolute atomic E-state index is 13.8. The average Bonchev–Trinajstić information content (AvgIpc) is 2.62. The van der Waals surface area contributed by atoms with Crippen molar-refractivity contribution in [3.8, 4) is 28.5 Å². The van der Waals surface area contributed by atoms with Crippen LogP contribution in [0.15, 0.2) is 48.5 Å². The highest BCUT2D eigenvalue weighted by molar-refractivity contribution is 6.30. The van der Waals surface area contributed by atoms with Crippen molar-refractivity contribution in [3.05, 3.63) is 65.2 Å². The second-order valence-electron chi connectivity index (χ2n) is 5.31. The van der Waals surface area contributed by atoms with E-state index in [0.717, 1.165) is 0 Å². The number of primary amides is 1. The highest BCUT2D eigenvalue weighted by Gasteiger charge is 2.12. The van der Waals surface area contributed by atoms with E-state index < -0.39 is 17.5 Å². The van der Waals surface area contributed by atoms with Gasteiger partial charge in [-0.05, 0) is 42.5 Å². The molecular weight excluding hydrogens is 364 g/mol. The van der Waals surface area contributed by atoms with Crippen LogP contribution in [0, 0.1) is 11.6 Å². The van der Waals surface area contributed by atoms with Crippen LogP contribution >= 0.6 is 11.6 Å². The van der Waals surface area contributed by atoms with Crippen molar-refractivity contribution >= 4 is 17.5 Å². The average molecular weight is 376 g/mol. The minimum Gasteiger partial charge on any atom is -0.467 e. The number of aromatic nitrogens is 2. The maximum atomic E-state index is 13.8. The van der Waals surface area contributed by atoms with Crippen molar-refractivity contribution in [1.29, 1.82) is 0 Å². The Bertz CT molecular complexity index is 965. The van der Waals surface area contributed by atoms with Gasteiger partial charge in [0.1, 0.15) is 11.6 Å². The summed E-state index contributed by atoms with van der Waals surface area (Å²) in [6.07, 6.45) is 0. The zero-order chi connectivity index (χ0) is 18.7. The number of benzene rings is 2. The number of nitrogens with two attached hydrogens (primary N) is 1. The van der Waals surface area contributed by atoms with Crippen molar-refractivity contribution in [2.24, 2.45) is 5.73 Å². The van der Waals surface area contributed by atoms with Crippen LogP contribution in [0.3, 0.4) is 0 Å². The molecule has 0 aliphatic carbocycles. The molecule has 0 unspecified atom stereocenters. The Morgan fingerprint density at radius 2 is 1.73 bits per heavy atom. The molecule has 0 aliphatic rings. The van der Waals surface area contributed by atoms with Gasteiger partial charge in [-0.2, -0.15) is 4.98 Å². The van der Waals surface area contributed by atoms with Crippen molar-refractivity contribution in [2.75, 3.05) is 6.61 Å². The molecule has 0 aliphatic heterocycles. The van der Waals surface area contributed by atoms with E-state index in [4.69, 9.17) is 22.1 Å². The van der Waals surface area contributed by atoms with Crippen molar-refractivity contribution in [1.82, 2.24) is 9.97 Å². The molecule has 3 rings (SSSR count).